The zero-order valence-corrected chi connectivity index (χ0v) is 15.1. The van der Waals surface area contributed by atoms with Gasteiger partial charge in [0.15, 0.2) is 5.16 Å². The molecule has 3 rings (SSSR count). The number of nitriles is 1. The molecule has 0 aliphatic heterocycles. The summed E-state index contributed by atoms with van der Waals surface area (Å²) in [5.41, 5.74) is 5.53. The first-order chi connectivity index (χ1) is 12.0. The fourth-order valence-corrected chi connectivity index (χ4v) is 2.98. The molecule has 3 aromatic rings. The van der Waals surface area contributed by atoms with Crippen LogP contribution in [0, 0.1) is 25.2 Å². The lowest BCUT2D eigenvalue weighted by atomic mass is 9.98. The van der Waals surface area contributed by atoms with Crippen LogP contribution in [0.1, 0.15) is 16.7 Å². The van der Waals surface area contributed by atoms with E-state index in [1.807, 2.05) is 36.6 Å². The Kier molecular flexibility index (Phi) is 4.73. The Morgan fingerprint density at radius 1 is 1.00 bits per heavy atom. The number of rotatable bonds is 3. The lowest BCUT2D eigenvalue weighted by Gasteiger charge is -2.08. The van der Waals surface area contributed by atoms with Gasteiger partial charge in [-0.25, -0.2) is 4.98 Å². The molecule has 0 unspecified atom stereocenters. The average molecular weight is 347 g/mol. The lowest BCUT2D eigenvalue weighted by molar-refractivity contribution is 0.937. The molecular weight excluding hydrogens is 330 g/mol. The summed E-state index contributed by atoms with van der Waals surface area (Å²) in [5, 5.41) is 9.79. The van der Waals surface area contributed by atoms with Gasteiger partial charge in [-0.15, -0.1) is 0 Å². The zero-order valence-electron chi connectivity index (χ0n) is 14.3. The van der Waals surface area contributed by atoms with Gasteiger partial charge in [0.05, 0.1) is 5.69 Å². The summed E-state index contributed by atoms with van der Waals surface area (Å²) in [6.07, 6.45) is 1.83. The van der Waals surface area contributed by atoms with Gasteiger partial charge in [-0.1, -0.05) is 54.2 Å². The highest BCUT2D eigenvalue weighted by atomic mass is 32.2. The Hall–Kier alpha value is -2.84. The third-order valence-corrected chi connectivity index (χ3v) is 4.78. The summed E-state index contributed by atoms with van der Waals surface area (Å²) < 4.78 is 0. The number of nitrogens with one attached hydrogen (secondary N) is 1. The number of hydrogen-bond acceptors (Lipinski definition) is 4. The molecule has 0 bridgehead atoms. The van der Waals surface area contributed by atoms with E-state index in [0.29, 0.717) is 10.9 Å². The van der Waals surface area contributed by atoms with Gasteiger partial charge in [0, 0.05) is 5.56 Å². The maximum absolute atomic E-state index is 12.1. The van der Waals surface area contributed by atoms with Crippen LogP contribution >= 0.6 is 11.8 Å². The highest BCUT2D eigenvalue weighted by molar-refractivity contribution is 7.98. The predicted molar refractivity (Wildman–Crippen MR) is 102 cm³/mol. The minimum atomic E-state index is -0.407. The van der Waals surface area contributed by atoms with Crippen LogP contribution in [0.25, 0.3) is 22.4 Å². The maximum atomic E-state index is 12.1. The fourth-order valence-electron chi connectivity index (χ4n) is 2.60. The van der Waals surface area contributed by atoms with E-state index >= 15 is 0 Å². The minimum absolute atomic E-state index is 0.0386. The van der Waals surface area contributed by atoms with Crippen molar-refractivity contribution in [2.75, 3.05) is 6.26 Å². The number of H-pyrrole nitrogens is 1. The second-order valence-corrected chi connectivity index (χ2v) is 6.58. The monoisotopic (exact) mass is 347 g/mol. The smallest absolute Gasteiger partial charge is 0.270 e. The molecule has 5 heteroatoms. The molecule has 124 valence electrons. The Bertz CT molecular complexity index is 1030. The van der Waals surface area contributed by atoms with Crippen molar-refractivity contribution in [1.29, 1.82) is 5.26 Å². The summed E-state index contributed by atoms with van der Waals surface area (Å²) in [5.74, 6) is 0. The van der Waals surface area contributed by atoms with Gasteiger partial charge in [0.1, 0.15) is 11.6 Å². The molecule has 0 atom stereocenters. The molecule has 0 spiro atoms. The third-order valence-electron chi connectivity index (χ3n) is 4.20. The van der Waals surface area contributed by atoms with E-state index in [0.717, 1.165) is 16.7 Å². The van der Waals surface area contributed by atoms with E-state index in [9.17, 15) is 10.1 Å². The Morgan fingerprint density at radius 3 is 2.24 bits per heavy atom. The highest BCUT2D eigenvalue weighted by Crippen LogP contribution is 2.26. The Labute approximate surface area is 150 Å². The van der Waals surface area contributed by atoms with Gasteiger partial charge in [0.2, 0.25) is 0 Å². The zero-order chi connectivity index (χ0) is 18.0. The standard InChI is InChI=1S/C20H17N3OS/c1-12-4-5-16(10-13(12)2)14-6-8-15(9-7-14)18-17(11-21)19(24)23-20(22-18)25-3/h4-10H,1-3H3,(H,22,23,24). The molecule has 1 aromatic heterocycles. The van der Waals surface area contributed by atoms with Crippen LogP contribution in [-0.4, -0.2) is 16.2 Å². The molecule has 1 N–H and O–H groups in total. The fraction of sp³-hybridized carbons (Fsp3) is 0.150. The van der Waals surface area contributed by atoms with Crippen LogP contribution in [-0.2, 0) is 0 Å². The second-order valence-electron chi connectivity index (χ2n) is 5.79. The Morgan fingerprint density at radius 2 is 1.64 bits per heavy atom. The molecule has 4 nitrogen and oxygen atoms in total. The molecule has 0 saturated carbocycles. The lowest BCUT2D eigenvalue weighted by Crippen LogP contribution is -2.14. The quantitative estimate of drug-likeness (QED) is 0.566. The average Bonchev–Trinajstić information content (AvgIpc) is 2.63. The van der Waals surface area contributed by atoms with Gasteiger partial charge >= 0.3 is 0 Å². The van der Waals surface area contributed by atoms with Crippen LogP contribution in [0.15, 0.2) is 52.4 Å². The minimum Gasteiger partial charge on any atom is -0.300 e. The van der Waals surface area contributed by atoms with E-state index in [4.69, 9.17) is 0 Å². The van der Waals surface area contributed by atoms with Crippen molar-refractivity contribution in [3.8, 4) is 28.5 Å². The first kappa shape index (κ1) is 17.0. The molecule has 0 amide bonds. The Balaban J connectivity index is 2.06. The molecule has 1 heterocycles. The third kappa shape index (κ3) is 3.35. The summed E-state index contributed by atoms with van der Waals surface area (Å²) in [7, 11) is 0. The molecule has 2 aromatic carbocycles. The summed E-state index contributed by atoms with van der Waals surface area (Å²) >= 11 is 1.34. The van der Waals surface area contributed by atoms with Gasteiger partial charge in [-0.3, -0.25) is 4.79 Å². The number of nitrogens with zero attached hydrogens (tertiary/aromatic N) is 2. The van der Waals surface area contributed by atoms with Crippen molar-refractivity contribution >= 4 is 11.8 Å². The van der Waals surface area contributed by atoms with Crippen molar-refractivity contribution in [3.05, 3.63) is 69.5 Å². The summed E-state index contributed by atoms with van der Waals surface area (Å²) in [4.78, 5) is 19.1. The predicted octanol–water partition coefficient (Wildman–Crippen LogP) is 4.31. The normalized spacial score (nSPS) is 10.5. The van der Waals surface area contributed by atoms with E-state index in [1.165, 1.54) is 22.9 Å². The van der Waals surface area contributed by atoms with Crippen molar-refractivity contribution in [3.63, 3.8) is 0 Å². The number of hydrogen-bond donors (Lipinski definition) is 1. The van der Waals surface area contributed by atoms with Crippen molar-refractivity contribution < 1.29 is 0 Å². The van der Waals surface area contributed by atoms with Crippen molar-refractivity contribution in [2.24, 2.45) is 0 Å². The van der Waals surface area contributed by atoms with Gasteiger partial charge in [-0.2, -0.15) is 5.26 Å². The molecule has 0 aliphatic rings. The highest BCUT2D eigenvalue weighted by Gasteiger charge is 2.13. The van der Waals surface area contributed by atoms with Crippen molar-refractivity contribution in [1.82, 2.24) is 9.97 Å². The largest absolute Gasteiger partial charge is 0.300 e. The molecule has 25 heavy (non-hydrogen) atoms. The van der Waals surface area contributed by atoms with Crippen LogP contribution in [0.3, 0.4) is 0 Å². The van der Waals surface area contributed by atoms with Crippen molar-refractivity contribution in [2.45, 2.75) is 19.0 Å². The number of thioether (sulfide) groups is 1. The number of aryl methyl sites for hydroxylation is 2. The van der Waals surface area contributed by atoms with Crippen LogP contribution < -0.4 is 5.56 Å². The van der Waals surface area contributed by atoms with E-state index < -0.39 is 5.56 Å². The number of benzene rings is 2. The van der Waals surface area contributed by atoms with Crippen LogP contribution in [0.5, 0.6) is 0 Å². The molecule has 0 aliphatic carbocycles. The number of aromatic nitrogens is 2. The van der Waals surface area contributed by atoms with Gasteiger partial charge < -0.3 is 4.98 Å². The first-order valence-electron chi connectivity index (χ1n) is 7.80. The maximum Gasteiger partial charge on any atom is 0.270 e. The van der Waals surface area contributed by atoms with E-state index in [-0.39, 0.29) is 5.56 Å². The summed E-state index contributed by atoms with van der Waals surface area (Å²) in [6, 6.07) is 16.1. The van der Waals surface area contributed by atoms with Crippen LogP contribution in [0.2, 0.25) is 0 Å². The number of aromatic amines is 1. The van der Waals surface area contributed by atoms with Crippen LogP contribution in [0.4, 0.5) is 0 Å². The molecular formula is C20H17N3OS. The molecule has 0 radical (unpaired) electrons. The second kappa shape index (κ2) is 6.96. The van der Waals surface area contributed by atoms with Gasteiger partial charge in [0.25, 0.3) is 5.56 Å². The van der Waals surface area contributed by atoms with Gasteiger partial charge in [-0.05, 0) is 42.4 Å². The first-order valence-corrected chi connectivity index (χ1v) is 9.02. The summed E-state index contributed by atoms with van der Waals surface area (Å²) in [6.45, 7) is 4.18. The SMILES string of the molecule is CSc1nc(-c2ccc(-c3ccc(C)c(C)c3)cc2)c(C#N)c(=O)[nH]1. The molecule has 0 saturated heterocycles. The van der Waals surface area contributed by atoms with E-state index in [1.54, 1.807) is 0 Å². The van der Waals surface area contributed by atoms with E-state index in [2.05, 4.69) is 42.0 Å². The molecule has 0 fully saturated rings. The topological polar surface area (TPSA) is 69.5 Å².